The molecular weight excluding hydrogens is 226 g/mol. The number of unbranched alkanes of at least 4 members (excludes halogenated alkanes) is 1. The Hall–Kier alpha value is -0.610. The summed E-state index contributed by atoms with van der Waals surface area (Å²) < 4.78 is 5.72. The molecule has 1 aliphatic heterocycles. The number of ether oxygens (including phenoxy) is 1. The molecule has 0 aliphatic carbocycles. The van der Waals surface area contributed by atoms with Gasteiger partial charge >= 0.3 is 0 Å². The lowest BCUT2D eigenvalue weighted by molar-refractivity contribution is -0.0682. The number of nitrogens with two attached hydrogens (primary N) is 1. The van der Waals surface area contributed by atoms with E-state index < -0.39 is 0 Å². The molecular formula is C14H29N3O. The SMILES string of the molecule is C[C@@H]1CN(CCCCC(C)(C)C(=N)N)C[C@H](C)O1. The maximum atomic E-state index is 7.53. The zero-order chi connectivity index (χ0) is 13.8. The minimum atomic E-state index is -0.147. The van der Waals surface area contributed by atoms with Crippen molar-refractivity contribution in [3.63, 3.8) is 0 Å². The van der Waals surface area contributed by atoms with Gasteiger partial charge in [0.1, 0.15) is 0 Å². The lowest BCUT2D eigenvalue weighted by Crippen LogP contribution is -2.45. The average molecular weight is 255 g/mol. The van der Waals surface area contributed by atoms with E-state index in [9.17, 15) is 0 Å². The van der Waals surface area contributed by atoms with Crippen molar-refractivity contribution in [1.29, 1.82) is 5.41 Å². The van der Waals surface area contributed by atoms with E-state index in [0.717, 1.165) is 32.5 Å². The molecule has 1 heterocycles. The first-order valence-electron chi connectivity index (χ1n) is 7.03. The molecule has 0 spiro atoms. The van der Waals surface area contributed by atoms with Crippen LogP contribution in [0.3, 0.4) is 0 Å². The summed E-state index contributed by atoms with van der Waals surface area (Å²) in [7, 11) is 0. The zero-order valence-corrected chi connectivity index (χ0v) is 12.3. The molecule has 0 saturated carbocycles. The molecule has 0 aromatic heterocycles. The van der Waals surface area contributed by atoms with Gasteiger partial charge in [-0.05, 0) is 33.2 Å². The maximum absolute atomic E-state index is 7.53. The smallest absolute Gasteiger partial charge is 0.0963 e. The minimum absolute atomic E-state index is 0.147. The number of nitrogens with one attached hydrogen (secondary N) is 1. The molecule has 4 nitrogen and oxygen atoms in total. The molecule has 1 saturated heterocycles. The second-order valence-corrected chi connectivity index (χ2v) is 6.27. The Bertz CT molecular complexity index is 268. The summed E-state index contributed by atoms with van der Waals surface area (Å²) in [5.74, 6) is 0.302. The van der Waals surface area contributed by atoms with Crippen molar-refractivity contribution in [1.82, 2.24) is 4.90 Å². The van der Waals surface area contributed by atoms with E-state index in [1.54, 1.807) is 0 Å². The van der Waals surface area contributed by atoms with E-state index in [4.69, 9.17) is 15.9 Å². The van der Waals surface area contributed by atoms with Crippen LogP contribution in [0.4, 0.5) is 0 Å². The van der Waals surface area contributed by atoms with Gasteiger partial charge in [0.25, 0.3) is 0 Å². The molecule has 0 aromatic carbocycles. The molecule has 1 aliphatic rings. The van der Waals surface area contributed by atoms with Gasteiger partial charge in [-0.15, -0.1) is 0 Å². The summed E-state index contributed by atoms with van der Waals surface area (Å²) in [6.45, 7) is 11.6. The fourth-order valence-corrected chi connectivity index (χ4v) is 2.50. The van der Waals surface area contributed by atoms with Crippen LogP contribution < -0.4 is 5.73 Å². The fraction of sp³-hybridized carbons (Fsp3) is 0.929. The minimum Gasteiger partial charge on any atom is -0.387 e. The highest BCUT2D eigenvalue weighted by Gasteiger charge is 2.23. The zero-order valence-electron chi connectivity index (χ0n) is 12.3. The van der Waals surface area contributed by atoms with Gasteiger partial charge in [0.2, 0.25) is 0 Å². The van der Waals surface area contributed by atoms with Gasteiger partial charge in [0, 0.05) is 18.5 Å². The summed E-state index contributed by atoms with van der Waals surface area (Å²) in [5.41, 5.74) is 5.44. The highest BCUT2D eigenvalue weighted by atomic mass is 16.5. The van der Waals surface area contributed by atoms with E-state index in [2.05, 4.69) is 18.7 Å². The Labute approximate surface area is 111 Å². The normalized spacial score (nSPS) is 26.2. The summed E-state index contributed by atoms with van der Waals surface area (Å²) in [6, 6.07) is 0. The molecule has 0 amide bonds. The van der Waals surface area contributed by atoms with Gasteiger partial charge in [0.05, 0.1) is 18.0 Å². The number of nitrogens with zero attached hydrogens (tertiary/aromatic N) is 1. The lowest BCUT2D eigenvalue weighted by atomic mass is 9.86. The quantitative estimate of drug-likeness (QED) is 0.434. The monoisotopic (exact) mass is 255 g/mol. The van der Waals surface area contributed by atoms with Crippen molar-refractivity contribution < 1.29 is 4.74 Å². The molecule has 0 unspecified atom stereocenters. The van der Waals surface area contributed by atoms with Gasteiger partial charge in [-0.1, -0.05) is 20.3 Å². The molecule has 4 heteroatoms. The van der Waals surface area contributed by atoms with Crippen LogP contribution in [0, 0.1) is 10.8 Å². The summed E-state index contributed by atoms with van der Waals surface area (Å²) >= 11 is 0. The molecule has 18 heavy (non-hydrogen) atoms. The Morgan fingerprint density at radius 1 is 1.28 bits per heavy atom. The van der Waals surface area contributed by atoms with Crippen molar-refractivity contribution in [3.8, 4) is 0 Å². The summed E-state index contributed by atoms with van der Waals surface area (Å²) in [4.78, 5) is 2.49. The topological polar surface area (TPSA) is 62.3 Å². The number of hydrogen-bond donors (Lipinski definition) is 2. The maximum Gasteiger partial charge on any atom is 0.0963 e. The number of amidine groups is 1. The molecule has 0 radical (unpaired) electrons. The predicted octanol–water partition coefficient (Wildman–Crippen LogP) is 2.23. The number of morpholine rings is 1. The Kier molecular flexibility index (Phi) is 5.60. The second-order valence-electron chi connectivity index (χ2n) is 6.27. The molecule has 1 rings (SSSR count). The van der Waals surface area contributed by atoms with Gasteiger partial charge in [0.15, 0.2) is 0 Å². The highest BCUT2D eigenvalue weighted by molar-refractivity contribution is 5.82. The fourth-order valence-electron chi connectivity index (χ4n) is 2.50. The Morgan fingerprint density at radius 3 is 2.33 bits per heavy atom. The van der Waals surface area contributed by atoms with Crippen molar-refractivity contribution in [2.75, 3.05) is 19.6 Å². The molecule has 0 aromatic rings. The largest absolute Gasteiger partial charge is 0.387 e. The highest BCUT2D eigenvalue weighted by Crippen LogP contribution is 2.23. The van der Waals surface area contributed by atoms with Gasteiger partial charge in [-0.3, -0.25) is 10.3 Å². The Morgan fingerprint density at radius 2 is 1.83 bits per heavy atom. The van der Waals surface area contributed by atoms with Crippen molar-refractivity contribution >= 4 is 5.84 Å². The van der Waals surface area contributed by atoms with E-state index in [-0.39, 0.29) is 5.41 Å². The third-order valence-corrected chi connectivity index (χ3v) is 3.75. The molecule has 2 atom stereocenters. The van der Waals surface area contributed by atoms with Crippen molar-refractivity contribution in [2.45, 2.75) is 59.2 Å². The van der Waals surface area contributed by atoms with Gasteiger partial charge in [-0.2, -0.15) is 0 Å². The van der Waals surface area contributed by atoms with Crippen molar-refractivity contribution in [2.24, 2.45) is 11.1 Å². The second kappa shape index (κ2) is 6.53. The molecule has 106 valence electrons. The van der Waals surface area contributed by atoms with E-state index >= 15 is 0 Å². The van der Waals surface area contributed by atoms with Crippen LogP contribution in [0.2, 0.25) is 0 Å². The van der Waals surface area contributed by atoms with Crippen molar-refractivity contribution in [3.05, 3.63) is 0 Å². The van der Waals surface area contributed by atoms with E-state index in [1.807, 2.05) is 13.8 Å². The first-order valence-corrected chi connectivity index (χ1v) is 7.03. The van der Waals surface area contributed by atoms with Crippen LogP contribution in [0.1, 0.15) is 47.0 Å². The molecule has 0 bridgehead atoms. The molecule has 1 fully saturated rings. The van der Waals surface area contributed by atoms with Crippen LogP contribution in [0.15, 0.2) is 0 Å². The third-order valence-electron chi connectivity index (χ3n) is 3.75. The van der Waals surface area contributed by atoms with Crippen LogP contribution in [-0.4, -0.2) is 42.6 Å². The third kappa shape index (κ3) is 4.94. The molecule has 3 N–H and O–H groups in total. The summed E-state index contributed by atoms with van der Waals surface area (Å²) in [6.07, 6.45) is 4.01. The number of hydrogen-bond acceptors (Lipinski definition) is 3. The Balaban J connectivity index is 2.20. The van der Waals surface area contributed by atoms with E-state index in [0.29, 0.717) is 18.0 Å². The predicted molar refractivity (Wildman–Crippen MR) is 76.0 cm³/mol. The first-order chi connectivity index (χ1) is 8.31. The van der Waals surface area contributed by atoms with Crippen LogP contribution in [0.25, 0.3) is 0 Å². The standard InChI is InChI=1S/C14H29N3O/c1-11-9-17(10-12(2)18-11)8-6-5-7-14(3,4)13(15)16/h11-12H,5-10H2,1-4H3,(H3,15,16)/t11-,12+. The van der Waals surface area contributed by atoms with E-state index in [1.165, 1.54) is 6.42 Å². The average Bonchev–Trinajstić information content (AvgIpc) is 2.23. The lowest BCUT2D eigenvalue weighted by Gasteiger charge is -2.35. The van der Waals surface area contributed by atoms with Crippen LogP contribution in [0.5, 0.6) is 0 Å². The van der Waals surface area contributed by atoms with Crippen LogP contribution in [-0.2, 0) is 4.74 Å². The van der Waals surface area contributed by atoms with Gasteiger partial charge < -0.3 is 10.5 Å². The van der Waals surface area contributed by atoms with Gasteiger partial charge in [-0.25, -0.2) is 0 Å². The number of rotatable bonds is 6. The first kappa shape index (κ1) is 15.4. The summed E-state index contributed by atoms with van der Waals surface area (Å²) in [5, 5.41) is 7.53. The van der Waals surface area contributed by atoms with Crippen LogP contribution >= 0.6 is 0 Å².